The predicted octanol–water partition coefficient (Wildman–Crippen LogP) is 3.06. The third-order valence-corrected chi connectivity index (χ3v) is 7.11. The van der Waals surface area contributed by atoms with Gasteiger partial charge >= 0.3 is 23.6 Å². The fraction of sp³-hybridized carbons (Fsp3) is 0.882. The van der Waals surface area contributed by atoms with E-state index in [0.29, 0.717) is 4.90 Å². The fourth-order valence-corrected chi connectivity index (χ4v) is 5.53. The highest BCUT2D eigenvalue weighted by atomic mass is 32.4. The zero-order chi connectivity index (χ0) is 20.8. The average Bonchev–Trinajstić information content (AvgIpc) is 2.66. The SMILES string of the molecule is O=C(O)CN(C(=O)C(F)(F)F)C(NC1CCCCC1)(NC1CCCCC1)[PH+]=S. The summed E-state index contributed by atoms with van der Waals surface area (Å²) in [6.07, 6.45) is 3.70. The van der Waals surface area contributed by atoms with Gasteiger partial charge in [0.25, 0.3) is 0 Å². The second kappa shape index (κ2) is 10.3. The Morgan fingerprint density at radius 2 is 1.39 bits per heavy atom. The van der Waals surface area contributed by atoms with E-state index >= 15 is 0 Å². The van der Waals surface area contributed by atoms with Crippen LogP contribution in [0.25, 0.3) is 0 Å². The summed E-state index contributed by atoms with van der Waals surface area (Å²) in [6.45, 7) is -1.07. The van der Waals surface area contributed by atoms with E-state index < -0.39 is 37.5 Å². The average molecular weight is 442 g/mol. The van der Waals surface area contributed by atoms with E-state index in [9.17, 15) is 27.9 Å². The lowest BCUT2D eigenvalue weighted by atomic mass is 9.94. The molecule has 2 aliphatic carbocycles. The number of nitrogens with one attached hydrogen (secondary N) is 2. The molecule has 0 spiro atoms. The Bertz CT molecular complexity index is 548. The van der Waals surface area contributed by atoms with Crippen LogP contribution in [0.3, 0.4) is 0 Å². The molecule has 2 fully saturated rings. The third-order valence-electron chi connectivity index (χ3n) is 5.37. The molecule has 1 atom stereocenters. The molecule has 1 amide bonds. The van der Waals surface area contributed by atoms with Crippen molar-refractivity contribution in [1.29, 1.82) is 0 Å². The van der Waals surface area contributed by atoms with Gasteiger partial charge < -0.3 is 5.11 Å². The Morgan fingerprint density at radius 1 is 0.964 bits per heavy atom. The van der Waals surface area contributed by atoms with Crippen LogP contribution in [-0.4, -0.2) is 52.2 Å². The number of aliphatic carboxylic acids is 1. The lowest BCUT2D eigenvalue weighted by Gasteiger charge is -2.41. The minimum Gasteiger partial charge on any atom is -0.480 e. The second-order valence-electron chi connectivity index (χ2n) is 7.55. The third kappa shape index (κ3) is 6.34. The van der Waals surface area contributed by atoms with Crippen molar-refractivity contribution in [3.05, 3.63) is 0 Å². The van der Waals surface area contributed by atoms with Gasteiger partial charge in [0.1, 0.15) is 6.54 Å². The maximum absolute atomic E-state index is 13.3. The van der Waals surface area contributed by atoms with Crippen LogP contribution in [-0.2, 0) is 21.4 Å². The van der Waals surface area contributed by atoms with E-state index in [1.807, 2.05) is 0 Å². The summed E-state index contributed by atoms with van der Waals surface area (Å²) >= 11 is 5.24. The van der Waals surface area contributed by atoms with E-state index in [1.54, 1.807) is 0 Å². The minimum absolute atomic E-state index is 0.113. The van der Waals surface area contributed by atoms with E-state index in [4.69, 9.17) is 11.8 Å². The van der Waals surface area contributed by atoms with Crippen LogP contribution in [0.5, 0.6) is 0 Å². The summed E-state index contributed by atoms with van der Waals surface area (Å²) in [7, 11) is -0.578. The Hall–Kier alpha value is -0.830. The van der Waals surface area contributed by atoms with Crippen LogP contribution in [0.1, 0.15) is 64.2 Å². The van der Waals surface area contributed by atoms with E-state index in [-0.39, 0.29) is 12.1 Å². The van der Waals surface area contributed by atoms with Gasteiger partial charge in [-0.15, -0.1) is 0 Å². The molecule has 0 bridgehead atoms. The molecule has 0 radical (unpaired) electrons. The monoisotopic (exact) mass is 442 g/mol. The summed E-state index contributed by atoms with van der Waals surface area (Å²) in [5.41, 5.74) is -1.69. The molecule has 2 rings (SSSR count). The summed E-state index contributed by atoms with van der Waals surface area (Å²) in [4.78, 5) is 23.9. The number of hydrogen-bond donors (Lipinski definition) is 3. The summed E-state index contributed by atoms with van der Waals surface area (Å²) in [5, 5.41) is 15.5. The number of carboxylic acid groups (broad SMARTS) is 1. The predicted molar refractivity (Wildman–Crippen MR) is 104 cm³/mol. The van der Waals surface area contributed by atoms with Crippen molar-refractivity contribution in [3.8, 4) is 0 Å². The Kier molecular flexibility index (Phi) is 8.60. The van der Waals surface area contributed by atoms with Crippen molar-refractivity contribution >= 4 is 31.0 Å². The van der Waals surface area contributed by atoms with Gasteiger partial charge in [0.05, 0.1) is 0 Å². The first-order chi connectivity index (χ1) is 13.2. The van der Waals surface area contributed by atoms with Gasteiger partial charge in [0, 0.05) is 12.1 Å². The summed E-state index contributed by atoms with van der Waals surface area (Å²) in [5.74, 6) is -3.69. The highest BCUT2D eigenvalue weighted by molar-refractivity contribution is 7.97. The molecular formula is C17H28F3N3O3PS+. The highest BCUT2D eigenvalue weighted by Crippen LogP contribution is 2.33. The van der Waals surface area contributed by atoms with Crippen molar-refractivity contribution in [3.63, 3.8) is 0 Å². The largest absolute Gasteiger partial charge is 0.480 e. The smallest absolute Gasteiger partial charge is 0.471 e. The highest BCUT2D eigenvalue weighted by Gasteiger charge is 2.56. The maximum Gasteiger partial charge on any atom is 0.471 e. The first kappa shape index (κ1) is 23.4. The lowest BCUT2D eigenvalue weighted by molar-refractivity contribution is -0.192. The molecule has 0 aliphatic heterocycles. The number of halogens is 3. The second-order valence-corrected chi connectivity index (χ2v) is 9.09. The normalized spacial score (nSPS) is 20.2. The molecule has 0 aromatic carbocycles. The summed E-state index contributed by atoms with van der Waals surface area (Å²) in [6, 6.07) is -0.227. The molecule has 2 saturated carbocycles. The molecule has 2 aliphatic rings. The van der Waals surface area contributed by atoms with Gasteiger partial charge in [-0.1, -0.05) is 38.5 Å². The molecule has 3 N–H and O–H groups in total. The molecule has 160 valence electrons. The molecule has 11 heteroatoms. The number of carbonyl (C=O) groups excluding carboxylic acids is 1. The molecule has 0 aromatic heterocycles. The molecule has 6 nitrogen and oxygen atoms in total. The van der Waals surface area contributed by atoms with Gasteiger partial charge in [0.15, 0.2) is 11.8 Å². The van der Waals surface area contributed by atoms with E-state index in [0.717, 1.165) is 64.2 Å². The van der Waals surface area contributed by atoms with Gasteiger partial charge in [-0.25, -0.2) is 10.6 Å². The standard InChI is InChI=1S/C17H27F3N3O3PS/c18-16(19,20)15(26)23(11-14(24)25)17(27-28,21-12-7-3-1-4-8-12)22-13-9-5-2-6-10-13/h12-13,21-22H,1-11H2,(H,24,25)/p+1. The van der Waals surface area contributed by atoms with E-state index in [1.165, 1.54) is 0 Å². The zero-order valence-electron chi connectivity index (χ0n) is 15.7. The number of carboxylic acids is 1. The maximum atomic E-state index is 13.3. The Labute approximate surface area is 169 Å². The first-order valence-corrected chi connectivity index (χ1v) is 11.9. The van der Waals surface area contributed by atoms with Crippen LogP contribution < -0.4 is 10.6 Å². The van der Waals surface area contributed by atoms with Crippen molar-refractivity contribution in [2.75, 3.05) is 6.54 Å². The number of nitrogens with zero attached hydrogens (tertiary/aromatic N) is 1. The van der Waals surface area contributed by atoms with Gasteiger partial charge in [-0.2, -0.15) is 13.2 Å². The molecule has 0 saturated heterocycles. The van der Waals surface area contributed by atoms with Gasteiger partial charge in [-0.05, 0) is 25.7 Å². The van der Waals surface area contributed by atoms with Crippen LogP contribution in [0.4, 0.5) is 13.2 Å². The molecule has 0 aromatic rings. The van der Waals surface area contributed by atoms with Crippen molar-refractivity contribution in [2.45, 2.75) is 88.0 Å². The topological polar surface area (TPSA) is 81.7 Å². The number of alkyl halides is 3. The van der Waals surface area contributed by atoms with Crippen molar-refractivity contribution in [1.82, 2.24) is 15.5 Å². The van der Waals surface area contributed by atoms with Gasteiger partial charge in [0.2, 0.25) is 7.36 Å². The van der Waals surface area contributed by atoms with Crippen LogP contribution in [0, 0.1) is 0 Å². The molecule has 0 heterocycles. The first-order valence-electron chi connectivity index (χ1n) is 9.73. The quantitative estimate of drug-likeness (QED) is 0.396. The Morgan fingerprint density at radius 3 is 1.71 bits per heavy atom. The van der Waals surface area contributed by atoms with Crippen LogP contribution in [0.2, 0.25) is 0 Å². The van der Waals surface area contributed by atoms with Crippen LogP contribution in [0.15, 0.2) is 0 Å². The van der Waals surface area contributed by atoms with E-state index in [2.05, 4.69) is 10.6 Å². The molecular weight excluding hydrogens is 414 g/mol. The number of amides is 1. The summed E-state index contributed by atoms with van der Waals surface area (Å²) < 4.78 is 39.9. The molecule has 1 unspecified atom stereocenters. The zero-order valence-corrected chi connectivity index (χ0v) is 17.5. The number of carbonyl (C=O) groups is 2. The molecule has 28 heavy (non-hydrogen) atoms. The number of hydrogen-bond acceptors (Lipinski definition) is 5. The van der Waals surface area contributed by atoms with Gasteiger partial charge in [-0.3, -0.25) is 14.5 Å². The van der Waals surface area contributed by atoms with Crippen molar-refractivity contribution < 1.29 is 27.9 Å². The lowest BCUT2D eigenvalue weighted by Crippen LogP contribution is -2.71. The number of rotatable bonds is 8. The minimum atomic E-state index is -5.18. The fourth-order valence-electron chi connectivity index (χ4n) is 4.03. The Balaban J connectivity index is 2.38. The van der Waals surface area contributed by atoms with Crippen molar-refractivity contribution in [2.24, 2.45) is 0 Å². The van der Waals surface area contributed by atoms with Crippen LogP contribution >= 0.6 is 7.36 Å².